The fourth-order valence-electron chi connectivity index (χ4n) is 2.00. The summed E-state index contributed by atoms with van der Waals surface area (Å²) in [5.41, 5.74) is 2.03. The number of amidine groups is 1. The molecule has 20 heavy (non-hydrogen) atoms. The van der Waals surface area contributed by atoms with E-state index in [4.69, 9.17) is 0 Å². The summed E-state index contributed by atoms with van der Waals surface area (Å²) in [5, 5.41) is 3.64. The Morgan fingerprint density at radius 3 is 2.80 bits per heavy atom. The highest BCUT2D eigenvalue weighted by molar-refractivity contribution is 8.15. The lowest BCUT2D eigenvalue weighted by atomic mass is 10.2. The Labute approximate surface area is 122 Å². The number of amides is 1. The molecule has 0 aliphatic carbocycles. The predicted octanol–water partition coefficient (Wildman–Crippen LogP) is 3.75. The van der Waals surface area contributed by atoms with Crippen molar-refractivity contribution in [1.29, 1.82) is 0 Å². The number of aliphatic imine (C=N–C) groups is 1. The molecule has 1 unspecified atom stereocenters. The van der Waals surface area contributed by atoms with Gasteiger partial charge in [-0.3, -0.25) is 9.69 Å². The number of benzene rings is 1. The molecule has 0 bridgehead atoms. The Morgan fingerprint density at radius 1 is 1.45 bits per heavy atom. The Balaban J connectivity index is 2.34. The van der Waals surface area contributed by atoms with Gasteiger partial charge >= 0.3 is 0 Å². The average Bonchev–Trinajstić information content (AvgIpc) is 2.81. The summed E-state index contributed by atoms with van der Waals surface area (Å²) < 4.78 is 0. The maximum absolute atomic E-state index is 11.9. The molecule has 106 valence electrons. The van der Waals surface area contributed by atoms with Gasteiger partial charge in [0, 0.05) is 6.04 Å². The van der Waals surface area contributed by atoms with Crippen LogP contribution in [0.15, 0.2) is 28.4 Å². The quantitative estimate of drug-likeness (QED) is 0.794. The first-order valence-electron chi connectivity index (χ1n) is 6.54. The molecule has 2 rings (SSSR count). The van der Waals surface area contributed by atoms with Gasteiger partial charge in [0.1, 0.15) is 5.69 Å². The van der Waals surface area contributed by atoms with Crippen molar-refractivity contribution in [3.8, 4) is 0 Å². The van der Waals surface area contributed by atoms with E-state index in [0.29, 0.717) is 11.4 Å². The fraction of sp³-hybridized carbons (Fsp3) is 0.429. The van der Waals surface area contributed by atoms with Crippen LogP contribution in [0.25, 0.3) is 0 Å². The molecule has 1 aliphatic rings. The summed E-state index contributed by atoms with van der Waals surface area (Å²) in [5.74, 6) is 0.544. The monoisotopic (exact) mass is 291 g/mol. The molecule has 1 heterocycles. The molecule has 1 amide bonds. The van der Waals surface area contributed by atoms with E-state index in [0.717, 1.165) is 22.8 Å². The number of nitroso groups, excluding NO2 is 1. The van der Waals surface area contributed by atoms with Gasteiger partial charge in [-0.05, 0) is 49.2 Å². The van der Waals surface area contributed by atoms with Crippen LogP contribution in [0.1, 0.15) is 25.8 Å². The SMILES string of the molecule is CCC(C)N1C(=O)CSC1=Nc1ccc(N=O)cc1C. The lowest BCUT2D eigenvalue weighted by Crippen LogP contribution is -2.37. The highest BCUT2D eigenvalue weighted by atomic mass is 32.2. The molecule has 5 nitrogen and oxygen atoms in total. The summed E-state index contributed by atoms with van der Waals surface area (Å²) in [4.78, 5) is 28.8. The van der Waals surface area contributed by atoms with Crippen LogP contribution in [0.4, 0.5) is 11.4 Å². The highest BCUT2D eigenvalue weighted by Gasteiger charge is 2.31. The summed E-state index contributed by atoms with van der Waals surface area (Å²) >= 11 is 1.46. The van der Waals surface area contributed by atoms with Crippen LogP contribution in [0.2, 0.25) is 0 Å². The van der Waals surface area contributed by atoms with Crippen LogP contribution in [-0.2, 0) is 4.79 Å². The van der Waals surface area contributed by atoms with E-state index in [1.807, 2.05) is 20.8 Å². The van der Waals surface area contributed by atoms with Crippen molar-refractivity contribution in [3.05, 3.63) is 28.7 Å². The largest absolute Gasteiger partial charge is 0.288 e. The standard InChI is InChI=1S/C14H17N3O2S/c1-4-10(3)17-13(18)8-20-14(17)15-12-6-5-11(16-19)7-9(12)2/h5-7,10H,4,8H2,1-3H3. The van der Waals surface area contributed by atoms with E-state index in [9.17, 15) is 9.70 Å². The van der Waals surface area contributed by atoms with Crippen LogP contribution in [-0.4, -0.2) is 27.8 Å². The van der Waals surface area contributed by atoms with Gasteiger partial charge in [0.15, 0.2) is 5.17 Å². The zero-order valence-electron chi connectivity index (χ0n) is 11.8. The van der Waals surface area contributed by atoms with Gasteiger partial charge in [-0.15, -0.1) is 4.91 Å². The van der Waals surface area contributed by atoms with E-state index < -0.39 is 0 Å². The minimum Gasteiger partial charge on any atom is -0.288 e. The number of hydrogen-bond donors (Lipinski definition) is 0. The second kappa shape index (κ2) is 6.17. The molecule has 1 aliphatic heterocycles. The maximum atomic E-state index is 11.9. The van der Waals surface area contributed by atoms with E-state index >= 15 is 0 Å². The smallest absolute Gasteiger partial charge is 0.239 e. The summed E-state index contributed by atoms with van der Waals surface area (Å²) in [6.07, 6.45) is 0.887. The number of hydrogen-bond acceptors (Lipinski definition) is 5. The van der Waals surface area contributed by atoms with Gasteiger partial charge < -0.3 is 0 Å². The third kappa shape index (κ3) is 2.90. The number of nitrogens with zero attached hydrogens (tertiary/aromatic N) is 3. The van der Waals surface area contributed by atoms with Crippen LogP contribution in [0.5, 0.6) is 0 Å². The van der Waals surface area contributed by atoms with Gasteiger partial charge in [-0.1, -0.05) is 18.7 Å². The Hall–Kier alpha value is -1.69. The second-order valence-corrected chi connectivity index (χ2v) is 5.71. The first kappa shape index (κ1) is 14.7. The van der Waals surface area contributed by atoms with Crippen molar-refractivity contribution < 1.29 is 4.79 Å². The minimum absolute atomic E-state index is 0.104. The van der Waals surface area contributed by atoms with E-state index in [2.05, 4.69) is 10.2 Å². The third-order valence-electron chi connectivity index (χ3n) is 3.33. The van der Waals surface area contributed by atoms with Crippen molar-refractivity contribution in [1.82, 2.24) is 4.90 Å². The first-order chi connectivity index (χ1) is 9.56. The summed E-state index contributed by atoms with van der Waals surface area (Å²) in [7, 11) is 0. The van der Waals surface area contributed by atoms with Gasteiger partial charge in [0.05, 0.1) is 11.4 Å². The normalized spacial score (nSPS) is 18.6. The van der Waals surface area contributed by atoms with Crippen LogP contribution >= 0.6 is 11.8 Å². The third-order valence-corrected chi connectivity index (χ3v) is 4.27. The molecule has 1 atom stereocenters. The molecule has 0 saturated carbocycles. The minimum atomic E-state index is 0.104. The second-order valence-electron chi connectivity index (χ2n) is 4.77. The molecule has 6 heteroatoms. The topological polar surface area (TPSA) is 62.1 Å². The van der Waals surface area contributed by atoms with E-state index in [1.54, 1.807) is 23.1 Å². The van der Waals surface area contributed by atoms with Gasteiger partial charge in [0.2, 0.25) is 5.91 Å². The van der Waals surface area contributed by atoms with Gasteiger partial charge in [-0.2, -0.15) is 0 Å². The zero-order valence-corrected chi connectivity index (χ0v) is 12.6. The first-order valence-corrected chi connectivity index (χ1v) is 7.53. The van der Waals surface area contributed by atoms with Crippen molar-refractivity contribution in [2.24, 2.45) is 10.2 Å². The van der Waals surface area contributed by atoms with Crippen LogP contribution in [0.3, 0.4) is 0 Å². The predicted molar refractivity (Wildman–Crippen MR) is 82.8 cm³/mol. The number of thioether (sulfide) groups is 1. The van der Waals surface area contributed by atoms with E-state index in [1.165, 1.54) is 11.8 Å². The van der Waals surface area contributed by atoms with Crippen molar-refractivity contribution in [2.75, 3.05) is 5.75 Å². The van der Waals surface area contributed by atoms with E-state index in [-0.39, 0.29) is 11.9 Å². The molecular weight excluding hydrogens is 274 g/mol. The van der Waals surface area contributed by atoms with Crippen molar-refractivity contribution >= 4 is 34.2 Å². The number of carbonyl (C=O) groups excluding carboxylic acids is 1. The molecule has 1 aromatic carbocycles. The highest BCUT2D eigenvalue weighted by Crippen LogP contribution is 2.29. The molecule has 1 aromatic rings. The average molecular weight is 291 g/mol. The molecular formula is C14H17N3O2S. The lowest BCUT2D eigenvalue weighted by molar-refractivity contribution is -0.125. The molecule has 1 fully saturated rings. The molecule has 0 radical (unpaired) electrons. The lowest BCUT2D eigenvalue weighted by Gasteiger charge is -2.22. The Bertz CT molecular complexity index is 572. The molecule has 1 saturated heterocycles. The Morgan fingerprint density at radius 2 is 2.20 bits per heavy atom. The van der Waals surface area contributed by atoms with Gasteiger partial charge in [-0.25, -0.2) is 4.99 Å². The number of aryl methyl sites for hydroxylation is 1. The maximum Gasteiger partial charge on any atom is 0.239 e. The fourth-order valence-corrected chi connectivity index (χ4v) is 2.98. The molecule has 0 N–H and O–H groups in total. The summed E-state index contributed by atoms with van der Waals surface area (Å²) in [6.45, 7) is 5.95. The van der Waals surface area contributed by atoms with Crippen LogP contribution < -0.4 is 0 Å². The van der Waals surface area contributed by atoms with Crippen molar-refractivity contribution in [2.45, 2.75) is 33.2 Å². The molecule has 0 aromatic heterocycles. The Kier molecular flexibility index (Phi) is 4.54. The summed E-state index contributed by atoms with van der Waals surface area (Å²) in [6, 6.07) is 5.24. The number of rotatable bonds is 4. The zero-order chi connectivity index (χ0) is 14.7. The van der Waals surface area contributed by atoms with Crippen LogP contribution in [0, 0.1) is 11.8 Å². The van der Waals surface area contributed by atoms with Gasteiger partial charge in [0.25, 0.3) is 0 Å². The molecule has 0 spiro atoms. The van der Waals surface area contributed by atoms with Crippen molar-refractivity contribution in [3.63, 3.8) is 0 Å². The number of carbonyl (C=O) groups is 1.